The van der Waals surface area contributed by atoms with E-state index in [2.05, 4.69) is 5.92 Å². The van der Waals surface area contributed by atoms with E-state index in [1.165, 1.54) is 0 Å². The number of terminal acetylenes is 1. The zero-order valence-corrected chi connectivity index (χ0v) is 13.7. The molecule has 0 radical (unpaired) electrons. The van der Waals surface area contributed by atoms with Gasteiger partial charge in [0.05, 0.1) is 13.2 Å². The molecule has 150 valence electrons. The molecule has 2 heterocycles. The number of rotatable bonds is 6. The highest BCUT2D eigenvalue weighted by atomic mass is 16.7. The Bertz CT molecular complexity index is 479. The van der Waals surface area contributed by atoms with Crippen molar-refractivity contribution in [3.05, 3.63) is 0 Å². The van der Waals surface area contributed by atoms with E-state index in [0.717, 1.165) is 0 Å². The van der Waals surface area contributed by atoms with Crippen molar-refractivity contribution in [1.29, 1.82) is 0 Å². The minimum atomic E-state index is -1.72. The highest BCUT2D eigenvalue weighted by molar-refractivity contribution is 4.94. The van der Waals surface area contributed by atoms with Gasteiger partial charge in [-0.2, -0.15) is 0 Å². The monoisotopic (exact) mass is 380 g/mol. The second kappa shape index (κ2) is 9.36. The summed E-state index contributed by atoms with van der Waals surface area (Å²) in [5.74, 6) is 2.17. The van der Waals surface area contributed by atoms with Crippen LogP contribution in [-0.2, 0) is 18.9 Å². The highest BCUT2D eigenvalue weighted by Gasteiger charge is 2.50. The molecule has 2 aliphatic heterocycles. The third-order valence-electron chi connectivity index (χ3n) is 4.29. The van der Waals surface area contributed by atoms with Crippen LogP contribution in [0, 0.1) is 12.3 Å². The van der Waals surface area contributed by atoms with Gasteiger partial charge in [0, 0.05) is 0 Å². The first-order valence-electron chi connectivity index (χ1n) is 7.99. The fraction of sp³-hybridized carbons (Fsp3) is 0.867. The standard InChI is InChI=1S/C15H24O11/c1-2-3-23-14-12(22)10(20)13(7(5-17)25-14)26-15-11(21)9(19)8(18)6(4-16)24-15/h1,6-22H,3-5H2/t6-,7-,8+,9+,10-,11-,12-,13-,14?,15+/m1/s1. The zero-order valence-electron chi connectivity index (χ0n) is 13.7. The summed E-state index contributed by atoms with van der Waals surface area (Å²) in [4.78, 5) is 0. The minimum Gasteiger partial charge on any atom is -0.394 e. The van der Waals surface area contributed by atoms with E-state index >= 15 is 0 Å². The number of hydrogen-bond donors (Lipinski definition) is 7. The Morgan fingerprint density at radius 2 is 1.35 bits per heavy atom. The van der Waals surface area contributed by atoms with Crippen LogP contribution in [0.3, 0.4) is 0 Å². The summed E-state index contributed by atoms with van der Waals surface area (Å²) in [7, 11) is 0. The number of ether oxygens (including phenoxy) is 4. The number of aliphatic hydroxyl groups is 7. The van der Waals surface area contributed by atoms with Crippen molar-refractivity contribution in [2.45, 2.75) is 61.4 Å². The van der Waals surface area contributed by atoms with Crippen LogP contribution in [0.2, 0.25) is 0 Å². The van der Waals surface area contributed by atoms with E-state index in [9.17, 15) is 35.7 Å². The lowest BCUT2D eigenvalue weighted by molar-refractivity contribution is -0.358. The van der Waals surface area contributed by atoms with E-state index in [1.807, 2.05) is 0 Å². The molecule has 2 fully saturated rings. The molecule has 0 aromatic carbocycles. The third kappa shape index (κ3) is 4.33. The summed E-state index contributed by atoms with van der Waals surface area (Å²) in [6, 6.07) is 0. The van der Waals surface area contributed by atoms with Crippen LogP contribution in [0.4, 0.5) is 0 Å². The Kier molecular flexibility index (Phi) is 7.71. The molecule has 10 atom stereocenters. The SMILES string of the molecule is C#CCOC1O[C@H](CO)[C@@H](O[C@@H]2O[C@H](CO)[C@H](O)[C@H](O)[C@H]2O)[C@H](O)[C@H]1O. The van der Waals surface area contributed by atoms with Crippen LogP contribution in [0.1, 0.15) is 0 Å². The molecule has 11 heteroatoms. The summed E-state index contributed by atoms with van der Waals surface area (Å²) < 4.78 is 20.9. The van der Waals surface area contributed by atoms with Gasteiger partial charge in [-0.3, -0.25) is 0 Å². The Hall–Kier alpha value is -0.880. The van der Waals surface area contributed by atoms with Gasteiger partial charge in [0.2, 0.25) is 0 Å². The molecule has 0 amide bonds. The molecule has 11 nitrogen and oxygen atoms in total. The van der Waals surface area contributed by atoms with Crippen LogP contribution in [-0.4, -0.2) is 117 Å². The molecule has 0 spiro atoms. The van der Waals surface area contributed by atoms with Gasteiger partial charge in [0.25, 0.3) is 0 Å². The molecular formula is C15H24O11. The quantitative estimate of drug-likeness (QED) is 0.220. The molecular weight excluding hydrogens is 356 g/mol. The molecule has 0 aliphatic carbocycles. The molecule has 0 bridgehead atoms. The average molecular weight is 380 g/mol. The Balaban J connectivity index is 2.10. The van der Waals surface area contributed by atoms with Crippen LogP contribution in [0.25, 0.3) is 0 Å². The third-order valence-corrected chi connectivity index (χ3v) is 4.29. The van der Waals surface area contributed by atoms with Crippen LogP contribution in [0.5, 0.6) is 0 Å². The largest absolute Gasteiger partial charge is 0.394 e. The summed E-state index contributed by atoms with van der Waals surface area (Å²) in [6.45, 7) is -1.50. The van der Waals surface area contributed by atoms with E-state index in [1.54, 1.807) is 0 Å². The first kappa shape index (κ1) is 21.4. The maximum absolute atomic E-state index is 10.3. The van der Waals surface area contributed by atoms with Crippen molar-refractivity contribution in [1.82, 2.24) is 0 Å². The van der Waals surface area contributed by atoms with Gasteiger partial charge in [0.1, 0.15) is 55.4 Å². The Labute approximate surface area is 149 Å². The summed E-state index contributed by atoms with van der Waals surface area (Å²) >= 11 is 0. The predicted octanol–water partition coefficient (Wildman–Crippen LogP) is -4.74. The molecule has 7 N–H and O–H groups in total. The molecule has 26 heavy (non-hydrogen) atoms. The number of aliphatic hydroxyl groups excluding tert-OH is 7. The van der Waals surface area contributed by atoms with Gasteiger partial charge < -0.3 is 54.7 Å². The minimum absolute atomic E-state index is 0.204. The molecule has 0 aromatic heterocycles. The van der Waals surface area contributed by atoms with Gasteiger partial charge in [-0.25, -0.2) is 0 Å². The maximum atomic E-state index is 10.3. The van der Waals surface area contributed by atoms with Crippen molar-refractivity contribution in [2.24, 2.45) is 0 Å². The lowest BCUT2D eigenvalue weighted by atomic mass is 9.97. The molecule has 2 rings (SSSR count). The van der Waals surface area contributed by atoms with Crippen molar-refractivity contribution >= 4 is 0 Å². The summed E-state index contributed by atoms with van der Waals surface area (Å²) in [6.07, 6.45) is -9.78. The molecule has 0 saturated carbocycles. The first-order valence-corrected chi connectivity index (χ1v) is 7.99. The number of hydrogen-bond acceptors (Lipinski definition) is 11. The van der Waals surface area contributed by atoms with E-state index in [0.29, 0.717) is 0 Å². The van der Waals surface area contributed by atoms with Crippen LogP contribution in [0.15, 0.2) is 0 Å². The van der Waals surface area contributed by atoms with Crippen molar-refractivity contribution < 1.29 is 54.7 Å². The van der Waals surface area contributed by atoms with Gasteiger partial charge in [0.15, 0.2) is 12.6 Å². The van der Waals surface area contributed by atoms with Crippen molar-refractivity contribution in [3.63, 3.8) is 0 Å². The first-order chi connectivity index (χ1) is 12.3. The van der Waals surface area contributed by atoms with Crippen LogP contribution >= 0.6 is 0 Å². The Morgan fingerprint density at radius 1 is 0.769 bits per heavy atom. The summed E-state index contributed by atoms with van der Waals surface area (Å²) in [5.41, 5.74) is 0. The zero-order chi connectivity index (χ0) is 19.4. The second-order valence-corrected chi connectivity index (χ2v) is 6.02. The molecule has 2 aliphatic rings. The average Bonchev–Trinajstić information content (AvgIpc) is 2.64. The predicted molar refractivity (Wildman–Crippen MR) is 81.2 cm³/mol. The van der Waals surface area contributed by atoms with Gasteiger partial charge in [-0.05, 0) is 0 Å². The summed E-state index contributed by atoms with van der Waals surface area (Å²) in [5, 5.41) is 68.5. The molecule has 1 unspecified atom stereocenters. The second-order valence-electron chi connectivity index (χ2n) is 6.02. The van der Waals surface area contributed by atoms with E-state index < -0.39 is 74.6 Å². The fourth-order valence-corrected chi connectivity index (χ4v) is 2.82. The smallest absolute Gasteiger partial charge is 0.187 e. The van der Waals surface area contributed by atoms with Gasteiger partial charge in [-0.15, -0.1) is 6.42 Å². The fourth-order valence-electron chi connectivity index (χ4n) is 2.82. The lowest BCUT2D eigenvalue weighted by Gasteiger charge is -2.45. The molecule has 0 aromatic rings. The van der Waals surface area contributed by atoms with Crippen molar-refractivity contribution in [2.75, 3.05) is 19.8 Å². The van der Waals surface area contributed by atoms with Crippen LogP contribution < -0.4 is 0 Å². The van der Waals surface area contributed by atoms with Gasteiger partial charge in [-0.1, -0.05) is 5.92 Å². The molecule has 2 saturated heterocycles. The maximum Gasteiger partial charge on any atom is 0.187 e. The van der Waals surface area contributed by atoms with Crippen molar-refractivity contribution in [3.8, 4) is 12.3 Å². The van der Waals surface area contributed by atoms with Gasteiger partial charge >= 0.3 is 0 Å². The van der Waals surface area contributed by atoms with E-state index in [-0.39, 0.29) is 6.61 Å². The normalized spacial score (nSPS) is 46.7. The Morgan fingerprint density at radius 3 is 1.92 bits per heavy atom. The topological polar surface area (TPSA) is 179 Å². The highest BCUT2D eigenvalue weighted by Crippen LogP contribution is 2.29. The van der Waals surface area contributed by atoms with E-state index in [4.69, 9.17) is 25.4 Å². The lowest BCUT2D eigenvalue weighted by Crippen LogP contribution is -2.64.